The van der Waals surface area contributed by atoms with Crippen LogP contribution in [-0.4, -0.2) is 42.2 Å². The van der Waals surface area contributed by atoms with Gasteiger partial charge in [-0.25, -0.2) is 0 Å². The lowest BCUT2D eigenvalue weighted by Crippen LogP contribution is -2.50. The average Bonchev–Trinajstić information content (AvgIpc) is 2.75. The normalized spacial score (nSPS) is 9.77. The van der Waals surface area contributed by atoms with Gasteiger partial charge in [0.15, 0.2) is 29.8 Å². The predicted octanol–water partition coefficient (Wildman–Crippen LogP) is 1.08. The summed E-state index contributed by atoms with van der Waals surface area (Å²) in [6.45, 7) is -0.697. The number of methoxy groups -OCH3 is 1. The van der Waals surface area contributed by atoms with E-state index in [4.69, 9.17) is 26.4 Å². The van der Waals surface area contributed by atoms with Crippen LogP contribution in [0.2, 0.25) is 0 Å². The van der Waals surface area contributed by atoms with Crippen LogP contribution in [0.4, 0.5) is 5.69 Å². The van der Waals surface area contributed by atoms with E-state index in [-0.39, 0.29) is 29.8 Å². The van der Waals surface area contributed by atoms with Crippen molar-refractivity contribution in [3.63, 3.8) is 0 Å². The summed E-state index contributed by atoms with van der Waals surface area (Å²) in [7, 11) is 1.48. The highest BCUT2D eigenvalue weighted by Gasteiger charge is 2.10. The van der Waals surface area contributed by atoms with Crippen LogP contribution in [0.15, 0.2) is 48.5 Å². The van der Waals surface area contributed by atoms with Gasteiger partial charge >= 0.3 is 0 Å². The number of carbonyl (C=O) groups is 2. The summed E-state index contributed by atoms with van der Waals surface area (Å²) < 4.78 is 15.7. The maximum absolute atomic E-state index is 11.9. The smallest absolute Gasteiger partial charge is 0.276 e. The van der Waals surface area contributed by atoms with Crippen molar-refractivity contribution in [1.82, 2.24) is 16.2 Å². The van der Waals surface area contributed by atoms with Gasteiger partial charge in [-0.15, -0.1) is 0 Å². The number of nitrogens with one attached hydrogen (secondary N) is 3. The molecule has 2 rings (SSSR count). The first-order valence-electron chi connectivity index (χ1n) is 8.40. The minimum Gasteiger partial charge on any atom is -0.493 e. The summed E-state index contributed by atoms with van der Waals surface area (Å²) in [4.78, 5) is 33.7. The quantitative estimate of drug-likeness (QED) is 0.316. The van der Waals surface area contributed by atoms with E-state index in [2.05, 4.69) is 16.2 Å². The number of benzene rings is 2. The Bertz CT molecular complexity index is 921. The SMILES string of the molecule is COc1ccccc1OCC(=O)NC(=S)NNC(=O)COc1ccc([N+](=O)[O-])cc1. The number of hydrazine groups is 1. The van der Waals surface area contributed by atoms with Gasteiger partial charge in [0.1, 0.15) is 5.75 Å². The Morgan fingerprint density at radius 1 is 0.967 bits per heavy atom. The number of amides is 2. The van der Waals surface area contributed by atoms with Gasteiger partial charge in [0.2, 0.25) is 0 Å². The maximum Gasteiger partial charge on any atom is 0.276 e. The molecule has 2 aromatic rings. The van der Waals surface area contributed by atoms with Crippen LogP contribution in [0, 0.1) is 10.1 Å². The molecule has 3 N–H and O–H groups in total. The first-order chi connectivity index (χ1) is 14.4. The lowest BCUT2D eigenvalue weighted by molar-refractivity contribution is -0.384. The molecule has 0 saturated carbocycles. The van der Waals surface area contributed by atoms with Gasteiger partial charge in [0.05, 0.1) is 12.0 Å². The van der Waals surface area contributed by atoms with Gasteiger partial charge in [0.25, 0.3) is 17.5 Å². The van der Waals surface area contributed by atoms with Gasteiger partial charge in [-0.1, -0.05) is 12.1 Å². The molecule has 0 aromatic heterocycles. The van der Waals surface area contributed by atoms with Crippen LogP contribution in [0.3, 0.4) is 0 Å². The van der Waals surface area contributed by atoms with Crippen molar-refractivity contribution in [2.45, 2.75) is 0 Å². The maximum atomic E-state index is 11.9. The standard InChI is InChI=1S/C18H18N4O7S/c1-27-14-4-2-3-5-15(14)29-10-16(23)19-18(30)21-20-17(24)11-28-13-8-6-12(7-9-13)22(25)26/h2-9H,10-11H2,1H3,(H,20,24)(H2,19,21,23,30). The monoisotopic (exact) mass is 434 g/mol. The third-order valence-corrected chi connectivity index (χ3v) is 3.62. The first-order valence-corrected chi connectivity index (χ1v) is 8.81. The molecular weight excluding hydrogens is 416 g/mol. The Morgan fingerprint density at radius 3 is 2.23 bits per heavy atom. The van der Waals surface area contributed by atoms with E-state index >= 15 is 0 Å². The molecule has 0 aliphatic rings. The second kappa shape index (κ2) is 11.2. The number of nitro groups is 1. The van der Waals surface area contributed by atoms with Crippen molar-refractivity contribution in [2.75, 3.05) is 20.3 Å². The Labute approximate surface area is 176 Å². The molecular formula is C18H18N4O7S. The minimum absolute atomic E-state index is 0.0933. The third-order valence-electron chi connectivity index (χ3n) is 3.41. The molecule has 30 heavy (non-hydrogen) atoms. The van der Waals surface area contributed by atoms with E-state index in [9.17, 15) is 19.7 Å². The Kier molecular flexibility index (Phi) is 8.32. The van der Waals surface area contributed by atoms with Crippen LogP contribution in [-0.2, 0) is 9.59 Å². The van der Waals surface area contributed by atoms with E-state index in [1.165, 1.54) is 31.4 Å². The first kappa shape index (κ1) is 22.4. The fraction of sp³-hybridized carbons (Fsp3) is 0.167. The highest BCUT2D eigenvalue weighted by Crippen LogP contribution is 2.25. The van der Waals surface area contributed by atoms with Crippen molar-refractivity contribution < 1.29 is 28.7 Å². The molecule has 0 heterocycles. The Hall–Kier alpha value is -3.93. The number of non-ortho nitro benzene ring substituents is 1. The molecule has 11 nitrogen and oxygen atoms in total. The zero-order valence-corrected chi connectivity index (χ0v) is 16.6. The summed E-state index contributed by atoms with van der Waals surface area (Å²) in [5, 5.41) is 12.8. The summed E-state index contributed by atoms with van der Waals surface area (Å²) in [6.07, 6.45) is 0. The van der Waals surface area contributed by atoms with Gasteiger partial charge < -0.3 is 14.2 Å². The van der Waals surface area contributed by atoms with Gasteiger partial charge in [-0.05, 0) is 36.5 Å². The molecule has 0 unspecified atom stereocenters. The molecule has 0 radical (unpaired) electrons. The molecule has 0 aliphatic carbocycles. The summed E-state index contributed by atoms with van der Waals surface area (Å²) >= 11 is 4.90. The Morgan fingerprint density at radius 2 is 1.60 bits per heavy atom. The number of thiocarbonyl (C=S) groups is 1. The molecule has 158 valence electrons. The topological polar surface area (TPSA) is 141 Å². The van der Waals surface area contributed by atoms with Crippen LogP contribution in [0.5, 0.6) is 17.2 Å². The molecule has 2 amide bonds. The third kappa shape index (κ3) is 7.24. The second-order valence-corrected chi connectivity index (χ2v) is 5.94. The van der Waals surface area contributed by atoms with Crippen molar-refractivity contribution in [3.8, 4) is 17.2 Å². The number of hydrogen-bond acceptors (Lipinski definition) is 8. The summed E-state index contributed by atoms with van der Waals surface area (Å²) in [6, 6.07) is 12.1. The van der Waals surface area contributed by atoms with Crippen molar-refractivity contribution in [3.05, 3.63) is 58.6 Å². The highest BCUT2D eigenvalue weighted by atomic mass is 32.1. The van der Waals surface area contributed by atoms with E-state index in [0.29, 0.717) is 11.5 Å². The summed E-state index contributed by atoms with van der Waals surface area (Å²) in [5.41, 5.74) is 4.49. The van der Waals surface area contributed by atoms with Crippen LogP contribution >= 0.6 is 12.2 Å². The predicted molar refractivity (Wildman–Crippen MR) is 109 cm³/mol. The fourth-order valence-electron chi connectivity index (χ4n) is 2.05. The number of ether oxygens (including phenoxy) is 3. The summed E-state index contributed by atoms with van der Waals surface area (Å²) in [5.74, 6) is 0.0159. The van der Waals surface area contributed by atoms with Gasteiger partial charge in [-0.2, -0.15) is 0 Å². The Balaban J connectivity index is 1.67. The number of nitrogens with zero attached hydrogens (tertiary/aromatic N) is 1. The molecule has 0 atom stereocenters. The average molecular weight is 434 g/mol. The van der Waals surface area contributed by atoms with E-state index in [0.717, 1.165) is 0 Å². The molecule has 2 aromatic carbocycles. The number of carbonyl (C=O) groups excluding carboxylic acids is 2. The number of rotatable bonds is 8. The van der Waals surface area contributed by atoms with Crippen LogP contribution in [0.1, 0.15) is 0 Å². The molecule has 0 aliphatic heterocycles. The van der Waals surface area contributed by atoms with Gasteiger partial charge in [0, 0.05) is 12.1 Å². The molecule has 0 saturated heterocycles. The zero-order valence-electron chi connectivity index (χ0n) is 15.7. The van der Waals surface area contributed by atoms with Crippen LogP contribution < -0.4 is 30.4 Å². The van der Waals surface area contributed by atoms with E-state index in [1.54, 1.807) is 24.3 Å². The number of hydrogen-bond donors (Lipinski definition) is 3. The van der Waals surface area contributed by atoms with Crippen molar-refractivity contribution >= 4 is 34.8 Å². The second-order valence-electron chi connectivity index (χ2n) is 5.53. The number of para-hydroxylation sites is 2. The molecule has 12 heteroatoms. The van der Waals surface area contributed by atoms with E-state index < -0.39 is 16.7 Å². The van der Waals surface area contributed by atoms with Crippen molar-refractivity contribution in [2.24, 2.45) is 0 Å². The van der Waals surface area contributed by atoms with Crippen molar-refractivity contribution in [1.29, 1.82) is 0 Å². The minimum atomic E-state index is -0.588. The van der Waals surface area contributed by atoms with Gasteiger partial charge in [-0.3, -0.25) is 35.9 Å². The lowest BCUT2D eigenvalue weighted by Gasteiger charge is -2.12. The largest absolute Gasteiger partial charge is 0.493 e. The number of nitro benzene ring substituents is 1. The molecule has 0 spiro atoms. The fourth-order valence-corrected chi connectivity index (χ4v) is 2.22. The molecule has 0 bridgehead atoms. The zero-order chi connectivity index (χ0) is 21.9. The molecule has 0 fully saturated rings. The van der Waals surface area contributed by atoms with Crippen LogP contribution in [0.25, 0.3) is 0 Å². The highest BCUT2D eigenvalue weighted by molar-refractivity contribution is 7.80. The van der Waals surface area contributed by atoms with E-state index in [1.807, 2.05) is 0 Å². The lowest BCUT2D eigenvalue weighted by atomic mass is 10.3.